The predicted molar refractivity (Wildman–Crippen MR) is 119 cm³/mol. The van der Waals surface area contributed by atoms with Crippen LogP contribution in [0, 0.1) is 0 Å². The Kier molecular flexibility index (Phi) is 9.08. The minimum Gasteiger partial charge on any atom is -0.435 e. The summed E-state index contributed by atoms with van der Waals surface area (Å²) in [6.07, 6.45) is 4.08. The van der Waals surface area contributed by atoms with E-state index < -0.39 is 24.9 Å². The van der Waals surface area contributed by atoms with E-state index in [-0.39, 0.29) is 17.9 Å². The smallest absolute Gasteiger partial charge is 0.387 e. The lowest BCUT2D eigenvalue weighted by molar-refractivity contribution is -0.116. The molecule has 1 aromatic carbocycles. The molecule has 34 heavy (non-hydrogen) atoms. The molecular weight excluding hydrogens is 456 g/mol. The number of amides is 1. The van der Waals surface area contributed by atoms with Crippen LogP contribution in [-0.2, 0) is 11.3 Å². The topological polar surface area (TPSA) is 66.9 Å². The molecule has 0 saturated carbocycles. The second-order valence-corrected chi connectivity index (χ2v) is 7.45. The third kappa shape index (κ3) is 7.62. The number of pyridine rings is 1. The number of hydrogen-bond acceptors (Lipinski definition) is 6. The maximum absolute atomic E-state index is 12.7. The fourth-order valence-electron chi connectivity index (χ4n) is 3.44. The standard InChI is InChI=1S/C23H26F4N4O3/c1-2-30-9-11-31(12-10-30)20-7-3-16(14-28-20)15-29-21(32)8-5-17-4-6-18(33-22(24)25)13-19(17)34-23(26)27/h3-8,13-14,22-23H,2,9-12,15H2,1H3,(H,29,32)/b8-5+. The van der Waals surface area contributed by atoms with Crippen LogP contribution in [0.15, 0.2) is 42.6 Å². The fraction of sp³-hybridized carbons (Fsp3) is 0.391. The van der Waals surface area contributed by atoms with Crippen molar-refractivity contribution >= 4 is 17.8 Å². The lowest BCUT2D eigenvalue weighted by Crippen LogP contribution is -2.46. The van der Waals surface area contributed by atoms with Crippen LogP contribution in [0.3, 0.4) is 0 Å². The molecule has 7 nitrogen and oxygen atoms in total. The Hall–Kier alpha value is -3.34. The Balaban J connectivity index is 1.55. The number of carbonyl (C=O) groups is 1. The SMILES string of the molecule is CCN1CCN(c2ccc(CNC(=O)/C=C/c3ccc(OC(F)F)cc3OC(F)F)cn2)CC1. The van der Waals surface area contributed by atoms with Crippen molar-refractivity contribution in [1.82, 2.24) is 15.2 Å². The van der Waals surface area contributed by atoms with Crippen molar-refractivity contribution in [1.29, 1.82) is 0 Å². The lowest BCUT2D eigenvalue weighted by atomic mass is 10.1. The molecule has 1 saturated heterocycles. The highest BCUT2D eigenvalue weighted by atomic mass is 19.3. The van der Waals surface area contributed by atoms with Gasteiger partial charge in [-0.25, -0.2) is 4.98 Å². The first-order valence-corrected chi connectivity index (χ1v) is 10.8. The van der Waals surface area contributed by atoms with Crippen LogP contribution < -0.4 is 19.7 Å². The largest absolute Gasteiger partial charge is 0.435 e. The second kappa shape index (κ2) is 12.2. The summed E-state index contributed by atoms with van der Waals surface area (Å²) in [6, 6.07) is 7.11. The molecule has 1 aromatic heterocycles. The van der Waals surface area contributed by atoms with Crippen molar-refractivity contribution in [2.75, 3.05) is 37.6 Å². The highest BCUT2D eigenvalue weighted by Gasteiger charge is 2.16. The Bertz CT molecular complexity index is 965. The maximum atomic E-state index is 12.7. The van der Waals surface area contributed by atoms with Crippen LogP contribution in [0.2, 0.25) is 0 Å². The van der Waals surface area contributed by atoms with E-state index in [1.165, 1.54) is 12.1 Å². The molecular formula is C23H26F4N4O3. The number of anilines is 1. The van der Waals surface area contributed by atoms with Crippen molar-refractivity contribution in [2.24, 2.45) is 0 Å². The van der Waals surface area contributed by atoms with E-state index >= 15 is 0 Å². The number of piperazine rings is 1. The van der Waals surface area contributed by atoms with Gasteiger partial charge in [-0.15, -0.1) is 0 Å². The number of halogens is 4. The molecule has 0 spiro atoms. The molecule has 1 aliphatic heterocycles. The summed E-state index contributed by atoms with van der Waals surface area (Å²) in [7, 11) is 0. The van der Waals surface area contributed by atoms with E-state index in [0.29, 0.717) is 0 Å². The molecule has 184 valence electrons. The monoisotopic (exact) mass is 482 g/mol. The van der Waals surface area contributed by atoms with Crippen LogP contribution in [0.5, 0.6) is 11.5 Å². The number of alkyl halides is 4. The Morgan fingerprint density at radius 3 is 2.44 bits per heavy atom. The molecule has 1 N–H and O–H groups in total. The number of nitrogens with zero attached hydrogens (tertiary/aromatic N) is 3. The van der Waals surface area contributed by atoms with E-state index in [4.69, 9.17) is 0 Å². The predicted octanol–water partition coefficient (Wildman–Crippen LogP) is 3.76. The summed E-state index contributed by atoms with van der Waals surface area (Å²) in [5, 5.41) is 2.68. The van der Waals surface area contributed by atoms with E-state index in [1.807, 2.05) is 12.1 Å². The van der Waals surface area contributed by atoms with Crippen LogP contribution in [0.1, 0.15) is 18.1 Å². The van der Waals surface area contributed by atoms with Gasteiger partial charge in [0.05, 0.1) is 0 Å². The van der Waals surface area contributed by atoms with Gasteiger partial charge in [-0.3, -0.25) is 4.79 Å². The van der Waals surface area contributed by atoms with E-state index in [9.17, 15) is 22.4 Å². The van der Waals surface area contributed by atoms with E-state index in [0.717, 1.165) is 62.3 Å². The highest BCUT2D eigenvalue weighted by molar-refractivity contribution is 5.92. The number of aromatic nitrogens is 1. The summed E-state index contributed by atoms with van der Waals surface area (Å²) in [5.41, 5.74) is 0.902. The van der Waals surface area contributed by atoms with Gasteiger partial charge in [0, 0.05) is 56.6 Å². The first-order valence-electron chi connectivity index (χ1n) is 10.8. The minimum atomic E-state index is -3.17. The van der Waals surface area contributed by atoms with E-state index in [1.54, 1.807) is 6.20 Å². The van der Waals surface area contributed by atoms with Crippen molar-refractivity contribution in [3.63, 3.8) is 0 Å². The molecule has 0 bridgehead atoms. The van der Waals surface area contributed by atoms with Gasteiger partial charge in [0.15, 0.2) is 0 Å². The second-order valence-electron chi connectivity index (χ2n) is 7.45. The third-order valence-electron chi connectivity index (χ3n) is 5.26. The molecule has 3 rings (SSSR count). The number of rotatable bonds is 10. The molecule has 0 atom stereocenters. The zero-order valence-electron chi connectivity index (χ0n) is 18.6. The lowest BCUT2D eigenvalue weighted by Gasteiger charge is -2.34. The van der Waals surface area contributed by atoms with Gasteiger partial charge in [0.25, 0.3) is 0 Å². The minimum absolute atomic E-state index is 0.103. The quantitative estimate of drug-likeness (QED) is 0.411. The van der Waals surface area contributed by atoms with Gasteiger partial charge in [0.1, 0.15) is 17.3 Å². The van der Waals surface area contributed by atoms with Crippen LogP contribution in [0.4, 0.5) is 23.4 Å². The maximum Gasteiger partial charge on any atom is 0.387 e. The first-order chi connectivity index (χ1) is 16.3. The van der Waals surface area contributed by atoms with Crippen LogP contribution in [0.25, 0.3) is 6.08 Å². The van der Waals surface area contributed by atoms with Crippen molar-refractivity contribution in [2.45, 2.75) is 26.7 Å². The summed E-state index contributed by atoms with van der Waals surface area (Å²) >= 11 is 0. The number of ether oxygens (including phenoxy) is 2. The van der Waals surface area contributed by atoms with Crippen LogP contribution in [-0.4, -0.2) is 61.7 Å². The van der Waals surface area contributed by atoms with Crippen molar-refractivity contribution < 1.29 is 31.8 Å². The number of nitrogens with one attached hydrogen (secondary N) is 1. The molecule has 0 radical (unpaired) electrons. The van der Waals surface area contributed by atoms with Crippen molar-refractivity contribution in [3.8, 4) is 11.5 Å². The third-order valence-corrected chi connectivity index (χ3v) is 5.26. The summed E-state index contributed by atoms with van der Waals surface area (Å²) in [5.74, 6) is -0.320. The Morgan fingerprint density at radius 1 is 1.09 bits per heavy atom. The van der Waals surface area contributed by atoms with Gasteiger partial charge in [-0.05, 0) is 36.4 Å². The number of likely N-dealkylation sites (N-methyl/N-ethyl adjacent to an activating group) is 1. The molecule has 0 aliphatic carbocycles. The van der Waals surface area contributed by atoms with E-state index in [2.05, 4.69) is 36.5 Å². The molecule has 1 amide bonds. The summed E-state index contributed by atoms with van der Waals surface area (Å²) in [4.78, 5) is 21.2. The molecule has 2 heterocycles. The zero-order valence-corrected chi connectivity index (χ0v) is 18.6. The fourth-order valence-corrected chi connectivity index (χ4v) is 3.44. The molecule has 0 unspecified atom stereocenters. The van der Waals surface area contributed by atoms with Gasteiger partial charge < -0.3 is 24.6 Å². The first kappa shape index (κ1) is 25.3. The number of hydrogen-bond donors (Lipinski definition) is 1. The summed E-state index contributed by atoms with van der Waals surface area (Å²) in [6.45, 7) is 0.930. The molecule has 1 fully saturated rings. The van der Waals surface area contributed by atoms with Gasteiger partial charge in [-0.2, -0.15) is 17.6 Å². The molecule has 2 aromatic rings. The van der Waals surface area contributed by atoms with Crippen molar-refractivity contribution in [3.05, 3.63) is 53.7 Å². The van der Waals surface area contributed by atoms with Crippen LogP contribution >= 0.6 is 0 Å². The molecule has 1 aliphatic rings. The molecule has 11 heteroatoms. The Morgan fingerprint density at radius 2 is 1.82 bits per heavy atom. The average molecular weight is 482 g/mol. The number of benzene rings is 1. The van der Waals surface area contributed by atoms with Gasteiger partial charge in [-0.1, -0.05) is 13.0 Å². The van der Waals surface area contributed by atoms with Gasteiger partial charge >= 0.3 is 13.2 Å². The number of carbonyl (C=O) groups excluding carboxylic acids is 1. The highest BCUT2D eigenvalue weighted by Crippen LogP contribution is 2.28. The normalized spacial score (nSPS) is 14.7. The summed E-state index contributed by atoms with van der Waals surface area (Å²) < 4.78 is 58.6. The zero-order chi connectivity index (χ0) is 24.5. The Labute approximate surface area is 195 Å². The average Bonchev–Trinajstić information content (AvgIpc) is 2.82. The van der Waals surface area contributed by atoms with Gasteiger partial charge in [0.2, 0.25) is 5.91 Å².